The second kappa shape index (κ2) is 10.9. The normalized spacial score (nSPS) is 15.4. The lowest BCUT2D eigenvalue weighted by Crippen LogP contribution is -2.31. The fourth-order valence-corrected chi connectivity index (χ4v) is 4.63. The van der Waals surface area contributed by atoms with Gasteiger partial charge in [0.1, 0.15) is 17.1 Å². The average molecular weight is 515 g/mol. The van der Waals surface area contributed by atoms with Crippen LogP contribution in [0.15, 0.2) is 59.1 Å². The van der Waals surface area contributed by atoms with Crippen LogP contribution in [-0.4, -0.2) is 53.4 Å². The number of hydrogen-bond acceptors (Lipinski definition) is 8. The van der Waals surface area contributed by atoms with Gasteiger partial charge in [0.25, 0.3) is 5.91 Å². The zero-order valence-corrected chi connectivity index (χ0v) is 21.6. The molecule has 1 unspecified atom stereocenters. The summed E-state index contributed by atoms with van der Waals surface area (Å²) in [5, 5.41) is 9.46. The minimum absolute atomic E-state index is 0.0333. The Balaban J connectivity index is 1.24. The third-order valence-corrected chi connectivity index (χ3v) is 6.42. The molecular formula is C28H30N6O4. The molecule has 0 aliphatic carbocycles. The molecule has 38 heavy (non-hydrogen) atoms. The van der Waals surface area contributed by atoms with Gasteiger partial charge in [-0.3, -0.25) is 14.5 Å². The molecule has 4 aromatic rings. The van der Waals surface area contributed by atoms with Gasteiger partial charge in [0, 0.05) is 48.7 Å². The van der Waals surface area contributed by atoms with Gasteiger partial charge < -0.3 is 25.1 Å². The SMILES string of the molecule is CNC(=O)c1c(C)oc2cc(Oc3ccnc(Nc4cccc(NC(=O)CN5CCC(C)C5)c4)n3)ccc12. The Kier molecular flexibility index (Phi) is 7.23. The van der Waals surface area contributed by atoms with Crippen molar-refractivity contribution in [2.45, 2.75) is 20.3 Å². The first-order chi connectivity index (χ1) is 18.4. The highest BCUT2D eigenvalue weighted by atomic mass is 16.5. The minimum Gasteiger partial charge on any atom is -0.460 e. The Morgan fingerprint density at radius 1 is 1.16 bits per heavy atom. The van der Waals surface area contributed by atoms with Crippen molar-refractivity contribution in [1.29, 1.82) is 0 Å². The van der Waals surface area contributed by atoms with Crippen molar-refractivity contribution < 1.29 is 18.7 Å². The zero-order valence-electron chi connectivity index (χ0n) is 21.6. The van der Waals surface area contributed by atoms with Crippen LogP contribution in [0, 0.1) is 12.8 Å². The number of nitrogens with one attached hydrogen (secondary N) is 3. The Bertz CT molecular complexity index is 1480. The second-order valence-corrected chi connectivity index (χ2v) is 9.47. The molecule has 1 fully saturated rings. The van der Waals surface area contributed by atoms with Gasteiger partial charge in [0.15, 0.2) is 0 Å². The highest BCUT2D eigenvalue weighted by molar-refractivity contribution is 6.07. The summed E-state index contributed by atoms with van der Waals surface area (Å²) in [4.78, 5) is 35.5. The van der Waals surface area contributed by atoms with Crippen molar-refractivity contribution in [2.75, 3.05) is 37.3 Å². The fraction of sp³-hybridized carbons (Fsp3) is 0.286. The highest BCUT2D eigenvalue weighted by Crippen LogP contribution is 2.31. The number of fused-ring (bicyclic) bond motifs is 1. The van der Waals surface area contributed by atoms with Crippen LogP contribution in [0.5, 0.6) is 11.6 Å². The van der Waals surface area contributed by atoms with Crippen LogP contribution in [0.25, 0.3) is 11.0 Å². The number of carbonyl (C=O) groups is 2. The summed E-state index contributed by atoms with van der Waals surface area (Å²) in [6.07, 6.45) is 2.72. The number of amides is 2. The van der Waals surface area contributed by atoms with Crippen LogP contribution < -0.4 is 20.7 Å². The number of carbonyl (C=O) groups excluding carboxylic acids is 2. The van der Waals surface area contributed by atoms with Gasteiger partial charge in [-0.1, -0.05) is 13.0 Å². The number of aryl methyl sites for hydroxylation is 1. The Morgan fingerprint density at radius 2 is 2.00 bits per heavy atom. The molecule has 10 nitrogen and oxygen atoms in total. The van der Waals surface area contributed by atoms with Crippen LogP contribution in [0.2, 0.25) is 0 Å². The van der Waals surface area contributed by atoms with Crippen LogP contribution in [0.4, 0.5) is 17.3 Å². The maximum absolute atomic E-state index is 12.5. The lowest BCUT2D eigenvalue weighted by molar-refractivity contribution is -0.117. The van der Waals surface area contributed by atoms with Crippen LogP contribution >= 0.6 is 0 Å². The average Bonchev–Trinajstić information content (AvgIpc) is 3.44. The van der Waals surface area contributed by atoms with E-state index in [1.807, 2.05) is 24.3 Å². The number of aromatic nitrogens is 2. The van der Waals surface area contributed by atoms with Crippen LogP contribution in [-0.2, 0) is 4.79 Å². The molecule has 196 valence electrons. The number of ether oxygens (including phenoxy) is 1. The molecule has 0 saturated carbocycles. The first-order valence-electron chi connectivity index (χ1n) is 12.5. The monoisotopic (exact) mass is 514 g/mol. The number of anilines is 3. The first-order valence-corrected chi connectivity index (χ1v) is 12.5. The van der Waals surface area contributed by atoms with Crippen molar-refractivity contribution >= 4 is 40.1 Å². The van der Waals surface area contributed by atoms with Gasteiger partial charge in [0.2, 0.25) is 17.7 Å². The van der Waals surface area contributed by atoms with Crippen LogP contribution in [0.3, 0.4) is 0 Å². The summed E-state index contributed by atoms with van der Waals surface area (Å²) >= 11 is 0. The van der Waals surface area contributed by atoms with Crippen LogP contribution in [0.1, 0.15) is 29.5 Å². The van der Waals surface area contributed by atoms with E-state index in [9.17, 15) is 9.59 Å². The maximum Gasteiger partial charge on any atom is 0.255 e. The third-order valence-electron chi connectivity index (χ3n) is 6.42. The molecule has 0 spiro atoms. The molecule has 2 aromatic carbocycles. The van der Waals surface area contributed by atoms with E-state index in [1.165, 1.54) is 0 Å². The summed E-state index contributed by atoms with van der Waals surface area (Å²) in [5.41, 5.74) is 2.47. The number of nitrogens with zero attached hydrogens (tertiary/aromatic N) is 3. The predicted molar refractivity (Wildman–Crippen MR) is 145 cm³/mol. The maximum atomic E-state index is 12.5. The number of hydrogen-bond donors (Lipinski definition) is 3. The highest BCUT2D eigenvalue weighted by Gasteiger charge is 2.21. The van der Waals surface area contributed by atoms with E-state index in [4.69, 9.17) is 9.15 Å². The van der Waals surface area contributed by atoms with E-state index < -0.39 is 0 Å². The molecule has 3 heterocycles. The summed E-state index contributed by atoms with van der Waals surface area (Å²) < 4.78 is 11.7. The van der Waals surface area contributed by atoms with E-state index in [-0.39, 0.29) is 11.8 Å². The zero-order chi connectivity index (χ0) is 26.6. The number of furan rings is 1. The van der Waals surface area contributed by atoms with Gasteiger partial charge in [-0.05, 0) is 56.1 Å². The minimum atomic E-state index is -0.203. The molecule has 10 heteroatoms. The summed E-state index contributed by atoms with van der Waals surface area (Å²) in [6.45, 7) is 6.26. The molecule has 0 radical (unpaired) electrons. The van der Waals surface area contributed by atoms with Gasteiger partial charge >= 0.3 is 0 Å². The molecule has 3 N–H and O–H groups in total. The van der Waals surface area contributed by atoms with Gasteiger partial charge in [0.05, 0.1) is 12.1 Å². The van der Waals surface area contributed by atoms with E-state index in [0.717, 1.165) is 25.2 Å². The van der Waals surface area contributed by atoms with Gasteiger partial charge in [-0.25, -0.2) is 4.98 Å². The summed E-state index contributed by atoms with van der Waals surface area (Å²) in [6, 6.07) is 14.3. The van der Waals surface area contributed by atoms with Crippen molar-refractivity contribution in [3.05, 3.63) is 66.1 Å². The molecule has 5 rings (SSSR count). The lowest BCUT2D eigenvalue weighted by atomic mass is 10.1. The van der Waals surface area contributed by atoms with Crippen molar-refractivity contribution in [3.8, 4) is 11.6 Å². The molecular weight excluding hydrogens is 484 g/mol. The van der Waals surface area contributed by atoms with Crippen molar-refractivity contribution in [2.24, 2.45) is 5.92 Å². The summed E-state index contributed by atoms with van der Waals surface area (Å²) in [7, 11) is 1.58. The Morgan fingerprint density at radius 3 is 2.79 bits per heavy atom. The lowest BCUT2D eigenvalue weighted by Gasteiger charge is -2.15. The number of rotatable bonds is 8. The molecule has 1 aliphatic rings. The first kappa shape index (κ1) is 25.2. The quantitative estimate of drug-likeness (QED) is 0.309. The smallest absolute Gasteiger partial charge is 0.255 e. The number of likely N-dealkylation sites (tertiary alicyclic amines) is 1. The Hall–Kier alpha value is -4.44. The molecule has 2 amide bonds. The van der Waals surface area contributed by atoms with Gasteiger partial charge in [-0.2, -0.15) is 4.98 Å². The topological polar surface area (TPSA) is 122 Å². The van der Waals surface area contributed by atoms with E-state index in [1.54, 1.807) is 44.4 Å². The fourth-order valence-electron chi connectivity index (χ4n) is 4.63. The predicted octanol–water partition coefficient (Wildman–Crippen LogP) is 4.71. The summed E-state index contributed by atoms with van der Waals surface area (Å²) in [5.74, 6) is 2.12. The largest absolute Gasteiger partial charge is 0.460 e. The molecule has 2 aromatic heterocycles. The van der Waals surface area contributed by atoms with Gasteiger partial charge in [-0.15, -0.1) is 0 Å². The van der Waals surface area contributed by atoms with E-state index in [2.05, 4.69) is 37.7 Å². The van der Waals surface area contributed by atoms with Crippen molar-refractivity contribution in [3.63, 3.8) is 0 Å². The molecule has 1 saturated heterocycles. The molecule has 1 aliphatic heterocycles. The third kappa shape index (κ3) is 5.76. The molecule has 1 atom stereocenters. The Labute approximate surface area is 220 Å². The number of benzene rings is 2. The standard InChI is InChI=1S/C28H30N6O4/c1-17-10-12-34(15-17)16-24(35)31-19-5-4-6-20(13-19)32-28-30-11-9-25(33-28)38-21-7-8-22-23(14-21)37-18(2)26(22)27(36)29-3/h4-9,11,13-14,17H,10,12,15-16H2,1-3H3,(H,29,36)(H,31,35)(H,30,32,33). The van der Waals surface area contributed by atoms with E-state index >= 15 is 0 Å². The second-order valence-electron chi connectivity index (χ2n) is 9.47. The van der Waals surface area contributed by atoms with E-state index in [0.29, 0.717) is 58.0 Å². The van der Waals surface area contributed by atoms with Crippen molar-refractivity contribution in [1.82, 2.24) is 20.2 Å². The molecule has 0 bridgehead atoms.